The topological polar surface area (TPSA) is 132 Å². The van der Waals surface area contributed by atoms with Crippen molar-refractivity contribution in [2.45, 2.75) is 18.0 Å². The van der Waals surface area contributed by atoms with Crippen LogP contribution in [-0.4, -0.2) is 52.2 Å². The van der Waals surface area contributed by atoms with Gasteiger partial charge in [-0.1, -0.05) is 12.1 Å². The molecule has 2 atom stereocenters. The van der Waals surface area contributed by atoms with Gasteiger partial charge in [0.1, 0.15) is 5.50 Å². The molecule has 30 heavy (non-hydrogen) atoms. The number of amides is 2. The van der Waals surface area contributed by atoms with Gasteiger partial charge >= 0.3 is 5.97 Å². The summed E-state index contributed by atoms with van der Waals surface area (Å²) in [6, 6.07) is 9.64. The zero-order valence-electron chi connectivity index (χ0n) is 16.1. The minimum absolute atomic E-state index is 0.104. The zero-order valence-corrected chi connectivity index (χ0v) is 16.9. The molecule has 2 amide bonds. The highest BCUT2D eigenvalue weighted by Gasteiger charge is 2.19. The number of aromatic nitrogens is 1. The molecule has 1 aliphatic heterocycles. The van der Waals surface area contributed by atoms with Gasteiger partial charge in [0.2, 0.25) is 5.91 Å². The Morgan fingerprint density at radius 3 is 2.83 bits per heavy atom. The third-order valence-corrected chi connectivity index (χ3v) is 5.41. The predicted octanol–water partition coefficient (Wildman–Crippen LogP) is 1.18. The van der Waals surface area contributed by atoms with Crippen LogP contribution in [0.5, 0.6) is 0 Å². The second-order valence-corrected chi connectivity index (χ2v) is 7.83. The van der Waals surface area contributed by atoms with Crippen LogP contribution in [0, 0.1) is 0 Å². The quantitative estimate of drug-likeness (QED) is 0.401. The van der Waals surface area contributed by atoms with Gasteiger partial charge in [0.05, 0.1) is 19.0 Å². The number of carbonyl (C=O) groups excluding carboxylic acids is 2. The second-order valence-electron chi connectivity index (χ2n) is 6.62. The number of anilines is 1. The number of hydrogen-bond acceptors (Lipinski definition) is 7. The summed E-state index contributed by atoms with van der Waals surface area (Å²) in [4.78, 5) is 39.8. The van der Waals surface area contributed by atoms with E-state index in [0.29, 0.717) is 11.1 Å². The van der Waals surface area contributed by atoms with E-state index in [-0.39, 0.29) is 18.5 Å². The molecule has 158 valence electrons. The summed E-state index contributed by atoms with van der Waals surface area (Å²) in [5, 5.41) is 20.9. The van der Waals surface area contributed by atoms with Gasteiger partial charge in [-0.2, -0.15) is 0 Å². The van der Waals surface area contributed by atoms with Crippen LogP contribution in [0.15, 0.2) is 48.8 Å². The van der Waals surface area contributed by atoms with Crippen LogP contribution in [0.1, 0.15) is 28.4 Å². The van der Waals surface area contributed by atoms with Crippen LogP contribution in [0.2, 0.25) is 0 Å². The first kappa shape index (κ1) is 21.6. The van der Waals surface area contributed by atoms with Gasteiger partial charge in [-0.3, -0.25) is 24.7 Å². The summed E-state index contributed by atoms with van der Waals surface area (Å²) in [6.45, 7) is 0.659. The van der Waals surface area contributed by atoms with E-state index in [0.717, 1.165) is 18.0 Å². The maximum absolute atomic E-state index is 12.4. The van der Waals surface area contributed by atoms with Crippen molar-refractivity contribution in [1.29, 1.82) is 0 Å². The Balaban J connectivity index is 1.54. The van der Waals surface area contributed by atoms with E-state index in [4.69, 9.17) is 5.11 Å². The Morgan fingerprint density at radius 2 is 2.13 bits per heavy atom. The summed E-state index contributed by atoms with van der Waals surface area (Å²) in [5.41, 5.74) is 1.91. The first-order chi connectivity index (χ1) is 14.5. The van der Waals surface area contributed by atoms with Gasteiger partial charge in [-0.05, 0) is 29.8 Å². The molecule has 1 aliphatic rings. The monoisotopic (exact) mass is 429 g/mol. The minimum Gasteiger partial charge on any atom is -0.481 e. The number of carbonyl (C=O) groups is 3. The normalized spacial score (nSPS) is 16.5. The number of nitrogens with one attached hydrogen (secondary N) is 4. The number of carboxylic acids is 1. The van der Waals surface area contributed by atoms with Gasteiger partial charge < -0.3 is 21.1 Å². The van der Waals surface area contributed by atoms with Crippen LogP contribution in [-0.2, 0) is 9.59 Å². The van der Waals surface area contributed by atoms with Crippen molar-refractivity contribution in [3.8, 4) is 0 Å². The van der Waals surface area contributed by atoms with Crippen molar-refractivity contribution < 1.29 is 19.5 Å². The molecule has 5 N–H and O–H groups in total. The molecule has 2 aromatic rings. The Kier molecular flexibility index (Phi) is 7.63. The lowest BCUT2D eigenvalue weighted by atomic mass is 10.1. The molecule has 0 saturated carbocycles. The molecule has 0 bridgehead atoms. The fourth-order valence-electron chi connectivity index (χ4n) is 2.94. The number of hydrogen-bond donors (Lipinski definition) is 5. The Labute approximate surface area is 178 Å². The van der Waals surface area contributed by atoms with Crippen molar-refractivity contribution in [2.75, 3.05) is 24.2 Å². The molecule has 1 fully saturated rings. The average Bonchev–Trinajstić information content (AvgIpc) is 3.25. The predicted molar refractivity (Wildman–Crippen MR) is 114 cm³/mol. The van der Waals surface area contributed by atoms with E-state index in [9.17, 15) is 14.4 Å². The van der Waals surface area contributed by atoms with Gasteiger partial charge in [0, 0.05) is 35.9 Å². The number of benzene rings is 1. The number of pyridine rings is 1. The molecule has 1 aromatic carbocycles. The van der Waals surface area contributed by atoms with Crippen molar-refractivity contribution in [2.24, 2.45) is 0 Å². The Hall–Kier alpha value is -3.11. The molecule has 0 radical (unpaired) electrons. The average molecular weight is 430 g/mol. The van der Waals surface area contributed by atoms with Crippen molar-refractivity contribution in [3.63, 3.8) is 0 Å². The second kappa shape index (κ2) is 10.6. The van der Waals surface area contributed by atoms with E-state index in [1.807, 2.05) is 6.07 Å². The van der Waals surface area contributed by atoms with E-state index >= 15 is 0 Å². The fraction of sp³-hybridized carbons (Fsp3) is 0.300. The van der Waals surface area contributed by atoms with E-state index in [1.165, 1.54) is 6.20 Å². The molecule has 0 spiro atoms. The van der Waals surface area contributed by atoms with Gasteiger partial charge in [0.25, 0.3) is 5.91 Å². The lowest BCUT2D eigenvalue weighted by Crippen LogP contribution is -2.39. The molecule has 9 nitrogen and oxygen atoms in total. The largest absolute Gasteiger partial charge is 0.481 e. The smallest absolute Gasteiger partial charge is 0.305 e. The molecule has 3 rings (SSSR count). The van der Waals surface area contributed by atoms with E-state index in [2.05, 4.69) is 26.3 Å². The molecule has 1 aromatic heterocycles. The van der Waals surface area contributed by atoms with Crippen LogP contribution in [0.4, 0.5) is 5.69 Å². The summed E-state index contributed by atoms with van der Waals surface area (Å²) in [7, 11) is 0. The first-order valence-electron chi connectivity index (χ1n) is 9.42. The summed E-state index contributed by atoms with van der Waals surface area (Å²) in [5.74, 6) is -0.904. The van der Waals surface area contributed by atoms with Crippen LogP contribution < -0.4 is 21.3 Å². The lowest BCUT2D eigenvalue weighted by Gasteiger charge is -2.17. The first-order valence-corrected chi connectivity index (χ1v) is 10.5. The van der Waals surface area contributed by atoms with Crippen molar-refractivity contribution in [1.82, 2.24) is 20.9 Å². The molecule has 2 heterocycles. The van der Waals surface area contributed by atoms with Crippen molar-refractivity contribution in [3.05, 3.63) is 59.9 Å². The number of nitrogens with zero attached hydrogens (tertiary/aromatic N) is 1. The maximum Gasteiger partial charge on any atom is 0.305 e. The highest BCUT2D eigenvalue weighted by molar-refractivity contribution is 8.00. The van der Waals surface area contributed by atoms with E-state index < -0.39 is 23.8 Å². The Bertz CT molecular complexity index is 890. The number of aliphatic carboxylic acids is 1. The van der Waals surface area contributed by atoms with Crippen molar-refractivity contribution >= 4 is 35.2 Å². The third-order valence-electron chi connectivity index (χ3n) is 4.35. The molecule has 1 saturated heterocycles. The fourth-order valence-corrected chi connectivity index (χ4v) is 3.86. The summed E-state index contributed by atoms with van der Waals surface area (Å²) < 4.78 is 0. The highest BCUT2D eigenvalue weighted by atomic mass is 32.2. The zero-order chi connectivity index (χ0) is 21.3. The summed E-state index contributed by atoms with van der Waals surface area (Å²) in [6.07, 6.45) is 2.78. The number of carboxylic acid groups (broad SMARTS) is 1. The molecular formula is C20H23N5O4S. The summed E-state index contributed by atoms with van der Waals surface area (Å²) >= 11 is 1.75. The molecular weight excluding hydrogens is 406 g/mol. The van der Waals surface area contributed by atoms with Crippen LogP contribution in [0.25, 0.3) is 0 Å². The third kappa shape index (κ3) is 6.46. The van der Waals surface area contributed by atoms with Gasteiger partial charge in [-0.25, -0.2) is 0 Å². The number of thioether (sulfide) groups is 1. The van der Waals surface area contributed by atoms with Gasteiger partial charge in [0.15, 0.2) is 0 Å². The van der Waals surface area contributed by atoms with Gasteiger partial charge in [-0.15, -0.1) is 11.8 Å². The standard InChI is InChI=1S/C20H23N5O4S/c26-17(25-16(10-18(27)28)14-4-2-6-21-11-14)12-23-19(29)13-3-1-5-15(9-13)24-20-22-7-8-30-20/h1-6,9,11,16,20,22,24H,7-8,10,12H2,(H,23,29)(H,25,26)(H,27,28). The number of rotatable bonds is 9. The van der Waals surface area contributed by atoms with Crippen LogP contribution in [0.3, 0.4) is 0 Å². The molecule has 2 unspecified atom stereocenters. The minimum atomic E-state index is -1.05. The molecule has 0 aliphatic carbocycles. The highest BCUT2D eigenvalue weighted by Crippen LogP contribution is 2.19. The maximum atomic E-state index is 12.4. The van der Waals surface area contributed by atoms with E-state index in [1.54, 1.807) is 48.3 Å². The van der Waals surface area contributed by atoms with Crippen LogP contribution >= 0.6 is 11.8 Å². The Morgan fingerprint density at radius 1 is 1.27 bits per heavy atom. The molecule has 10 heteroatoms. The lowest BCUT2D eigenvalue weighted by molar-refractivity contribution is -0.137. The SMILES string of the molecule is O=C(O)CC(NC(=O)CNC(=O)c1cccc(NC2NCCS2)c1)c1cccnc1.